The molecule has 0 atom stereocenters. The third kappa shape index (κ3) is 3.19. The second-order valence-corrected chi connectivity index (χ2v) is 5.85. The number of hydrogen-bond acceptors (Lipinski definition) is 4. The fourth-order valence-electron chi connectivity index (χ4n) is 2.02. The number of rotatable bonds is 4. The highest BCUT2D eigenvalue weighted by Crippen LogP contribution is 2.23. The van der Waals surface area contributed by atoms with Crippen molar-refractivity contribution >= 4 is 15.9 Å². The van der Waals surface area contributed by atoms with Crippen molar-refractivity contribution in [3.8, 4) is 5.69 Å². The second kappa shape index (κ2) is 5.79. The molecule has 0 saturated heterocycles. The van der Waals surface area contributed by atoms with Crippen molar-refractivity contribution in [3.05, 3.63) is 33.6 Å². The smallest absolute Gasteiger partial charge is 0.170 e. The Hall–Kier alpha value is -1.27. The van der Waals surface area contributed by atoms with Crippen molar-refractivity contribution < 1.29 is 0 Å². The number of aromatic nitrogens is 4. The number of aryl methyl sites for hydroxylation is 2. The number of hydrogen-bond donors (Lipinski definition) is 1. The summed E-state index contributed by atoms with van der Waals surface area (Å²) in [6, 6.07) is 4.55. The van der Waals surface area contributed by atoms with Gasteiger partial charge in [0, 0.05) is 10.5 Å². The lowest BCUT2D eigenvalue weighted by atomic mass is 10.1. The molecule has 1 N–H and O–H groups in total. The Balaban J connectivity index is 2.40. The molecule has 0 aliphatic heterocycles. The average Bonchev–Trinajstić information content (AvgIpc) is 2.73. The lowest BCUT2D eigenvalue weighted by molar-refractivity contribution is 0.562. The standard InChI is InChI=1S/C13H18BrN5/c1-8(2)15-7-12-16-17-18-19(12)13-9(3)5-11(14)6-10(13)4/h5-6,8,15H,7H2,1-4H3. The molecule has 2 aromatic rings. The van der Waals surface area contributed by atoms with Crippen LogP contribution in [-0.4, -0.2) is 26.2 Å². The molecule has 0 aliphatic carbocycles. The van der Waals surface area contributed by atoms with Crippen molar-refractivity contribution in [2.24, 2.45) is 0 Å². The predicted octanol–water partition coefficient (Wildman–Crippen LogP) is 2.54. The molecule has 19 heavy (non-hydrogen) atoms. The van der Waals surface area contributed by atoms with Crippen LogP contribution in [0.4, 0.5) is 0 Å². The van der Waals surface area contributed by atoms with Gasteiger partial charge in [-0.15, -0.1) is 5.10 Å². The van der Waals surface area contributed by atoms with Gasteiger partial charge in [-0.1, -0.05) is 29.8 Å². The van der Waals surface area contributed by atoms with Crippen LogP contribution in [0.5, 0.6) is 0 Å². The Morgan fingerprint density at radius 3 is 2.47 bits per heavy atom. The van der Waals surface area contributed by atoms with Gasteiger partial charge in [0.1, 0.15) is 0 Å². The van der Waals surface area contributed by atoms with Crippen LogP contribution in [0, 0.1) is 13.8 Å². The monoisotopic (exact) mass is 323 g/mol. The summed E-state index contributed by atoms with van der Waals surface area (Å²) in [4.78, 5) is 0. The van der Waals surface area contributed by atoms with E-state index in [1.165, 1.54) is 0 Å². The second-order valence-electron chi connectivity index (χ2n) is 4.93. The van der Waals surface area contributed by atoms with Crippen LogP contribution in [0.1, 0.15) is 30.8 Å². The highest BCUT2D eigenvalue weighted by atomic mass is 79.9. The highest BCUT2D eigenvalue weighted by Gasteiger charge is 2.13. The molecule has 2 rings (SSSR count). The molecule has 1 aromatic carbocycles. The SMILES string of the molecule is Cc1cc(Br)cc(C)c1-n1nnnc1CNC(C)C. The fourth-order valence-corrected chi connectivity index (χ4v) is 2.71. The quantitative estimate of drug-likeness (QED) is 0.939. The van der Waals surface area contributed by atoms with Gasteiger partial charge in [-0.25, -0.2) is 0 Å². The van der Waals surface area contributed by atoms with Gasteiger partial charge in [-0.2, -0.15) is 4.68 Å². The van der Waals surface area contributed by atoms with Gasteiger partial charge in [-0.05, 0) is 47.5 Å². The maximum atomic E-state index is 4.12. The van der Waals surface area contributed by atoms with E-state index in [9.17, 15) is 0 Å². The van der Waals surface area contributed by atoms with E-state index >= 15 is 0 Å². The first-order valence-corrected chi connectivity index (χ1v) is 7.06. The molecule has 0 saturated carbocycles. The molecule has 1 heterocycles. The minimum absolute atomic E-state index is 0.400. The summed E-state index contributed by atoms with van der Waals surface area (Å²) >= 11 is 3.51. The molecular formula is C13H18BrN5. The topological polar surface area (TPSA) is 55.6 Å². The van der Waals surface area contributed by atoms with Gasteiger partial charge < -0.3 is 5.32 Å². The van der Waals surface area contributed by atoms with Gasteiger partial charge in [0.25, 0.3) is 0 Å². The minimum Gasteiger partial charge on any atom is -0.308 e. The molecule has 0 amide bonds. The summed E-state index contributed by atoms with van der Waals surface area (Å²) in [6.07, 6.45) is 0. The van der Waals surface area contributed by atoms with Gasteiger partial charge in [0.2, 0.25) is 0 Å². The molecule has 5 nitrogen and oxygen atoms in total. The number of halogens is 1. The fraction of sp³-hybridized carbons (Fsp3) is 0.462. The number of tetrazole rings is 1. The minimum atomic E-state index is 0.400. The van der Waals surface area contributed by atoms with E-state index in [-0.39, 0.29) is 0 Å². The van der Waals surface area contributed by atoms with E-state index < -0.39 is 0 Å². The number of nitrogens with one attached hydrogen (secondary N) is 1. The summed E-state index contributed by atoms with van der Waals surface area (Å²) in [5.74, 6) is 0.822. The van der Waals surface area contributed by atoms with Crippen molar-refractivity contribution in [1.29, 1.82) is 0 Å². The van der Waals surface area contributed by atoms with E-state index in [0.29, 0.717) is 12.6 Å². The van der Waals surface area contributed by atoms with Crippen LogP contribution in [0.25, 0.3) is 5.69 Å². The first-order chi connectivity index (χ1) is 8.99. The maximum Gasteiger partial charge on any atom is 0.170 e. The first kappa shape index (κ1) is 14.1. The number of nitrogens with zero attached hydrogens (tertiary/aromatic N) is 4. The first-order valence-electron chi connectivity index (χ1n) is 6.26. The summed E-state index contributed by atoms with van der Waals surface area (Å²) in [5, 5.41) is 15.3. The Kier molecular flexibility index (Phi) is 4.31. The van der Waals surface area contributed by atoms with Gasteiger partial charge >= 0.3 is 0 Å². The van der Waals surface area contributed by atoms with Crippen molar-refractivity contribution in [3.63, 3.8) is 0 Å². The van der Waals surface area contributed by atoms with E-state index in [2.05, 4.69) is 76.6 Å². The van der Waals surface area contributed by atoms with Crippen LogP contribution in [0.2, 0.25) is 0 Å². The molecule has 0 aliphatic rings. The third-order valence-corrected chi connectivity index (χ3v) is 3.33. The maximum absolute atomic E-state index is 4.12. The van der Waals surface area contributed by atoms with Crippen LogP contribution >= 0.6 is 15.9 Å². The Bertz CT molecular complexity index is 553. The average molecular weight is 324 g/mol. The van der Waals surface area contributed by atoms with E-state index in [4.69, 9.17) is 0 Å². The zero-order valence-electron chi connectivity index (χ0n) is 11.6. The molecule has 1 aromatic heterocycles. The zero-order valence-corrected chi connectivity index (χ0v) is 13.2. The van der Waals surface area contributed by atoms with Crippen molar-refractivity contribution in [2.45, 2.75) is 40.3 Å². The third-order valence-electron chi connectivity index (χ3n) is 2.87. The lowest BCUT2D eigenvalue weighted by Crippen LogP contribution is -2.24. The largest absolute Gasteiger partial charge is 0.308 e. The van der Waals surface area contributed by atoms with E-state index in [1.807, 2.05) is 4.68 Å². The number of benzene rings is 1. The Labute approximate surface area is 121 Å². The molecule has 0 spiro atoms. The molecule has 102 valence electrons. The molecule has 0 bridgehead atoms. The Morgan fingerprint density at radius 1 is 1.26 bits per heavy atom. The van der Waals surface area contributed by atoms with E-state index in [1.54, 1.807) is 0 Å². The van der Waals surface area contributed by atoms with Gasteiger partial charge in [0.05, 0.1) is 12.2 Å². The van der Waals surface area contributed by atoms with Crippen LogP contribution in [-0.2, 0) is 6.54 Å². The predicted molar refractivity (Wildman–Crippen MR) is 78.3 cm³/mol. The van der Waals surface area contributed by atoms with Crippen LogP contribution < -0.4 is 5.32 Å². The molecule has 0 radical (unpaired) electrons. The summed E-state index contributed by atoms with van der Waals surface area (Å²) in [6.45, 7) is 8.98. The highest BCUT2D eigenvalue weighted by molar-refractivity contribution is 9.10. The molecule has 0 fully saturated rings. The van der Waals surface area contributed by atoms with Gasteiger partial charge in [0.15, 0.2) is 5.82 Å². The molecular weight excluding hydrogens is 306 g/mol. The van der Waals surface area contributed by atoms with E-state index in [0.717, 1.165) is 27.1 Å². The summed E-state index contributed by atoms with van der Waals surface area (Å²) in [5.41, 5.74) is 3.34. The summed E-state index contributed by atoms with van der Waals surface area (Å²) in [7, 11) is 0. The lowest BCUT2D eigenvalue weighted by Gasteiger charge is -2.13. The molecule has 6 heteroatoms. The zero-order chi connectivity index (χ0) is 14.0. The van der Waals surface area contributed by atoms with Gasteiger partial charge in [-0.3, -0.25) is 0 Å². The Morgan fingerprint density at radius 2 is 1.89 bits per heavy atom. The van der Waals surface area contributed by atoms with Crippen LogP contribution in [0.15, 0.2) is 16.6 Å². The van der Waals surface area contributed by atoms with Crippen molar-refractivity contribution in [2.75, 3.05) is 0 Å². The van der Waals surface area contributed by atoms with Crippen LogP contribution in [0.3, 0.4) is 0 Å². The summed E-state index contributed by atoms with van der Waals surface area (Å²) < 4.78 is 2.88. The van der Waals surface area contributed by atoms with Crippen molar-refractivity contribution in [1.82, 2.24) is 25.5 Å². The molecule has 0 unspecified atom stereocenters. The normalized spacial score (nSPS) is 11.3.